The number of rotatable bonds is 6. The number of hydrogen-bond donors (Lipinski definition) is 2. The van der Waals surface area contributed by atoms with E-state index >= 15 is 0 Å². The Labute approximate surface area is 136 Å². The second-order valence-corrected chi connectivity index (χ2v) is 5.83. The number of hydrogen-bond acceptors (Lipinski definition) is 3. The van der Waals surface area contributed by atoms with E-state index in [4.69, 9.17) is 16.7 Å². The Morgan fingerprint density at radius 1 is 1.35 bits per heavy atom. The average Bonchev–Trinajstić information content (AvgIpc) is 2.97. The normalized spacial score (nSPS) is 20.5. The molecule has 1 aromatic carbocycles. The predicted molar refractivity (Wildman–Crippen MR) is 78.4 cm³/mol. The summed E-state index contributed by atoms with van der Waals surface area (Å²) in [6.07, 6.45) is 1.25. The molecule has 0 heterocycles. The number of carboxylic acid groups (broad SMARTS) is 1. The van der Waals surface area contributed by atoms with E-state index in [1.54, 1.807) is 0 Å². The number of nitrogens with one attached hydrogen (secondary N) is 1. The lowest BCUT2D eigenvalue weighted by Gasteiger charge is -2.14. The summed E-state index contributed by atoms with van der Waals surface area (Å²) in [5.41, 5.74) is 0.332. The highest BCUT2D eigenvalue weighted by molar-refractivity contribution is 6.30. The second-order valence-electron chi connectivity index (χ2n) is 5.39. The van der Waals surface area contributed by atoms with Crippen molar-refractivity contribution in [3.63, 3.8) is 0 Å². The van der Waals surface area contributed by atoms with Gasteiger partial charge in [-0.05, 0) is 37.5 Å². The molecule has 2 N–H and O–H groups in total. The lowest BCUT2D eigenvalue weighted by Crippen LogP contribution is -2.29. The van der Waals surface area contributed by atoms with Crippen LogP contribution in [0, 0.1) is 11.8 Å². The molecule has 2 atom stereocenters. The third-order valence-electron chi connectivity index (χ3n) is 3.84. The Hall–Kier alpha value is -1.89. The van der Waals surface area contributed by atoms with E-state index in [0.717, 1.165) is 0 Å². The van der Waals surface area contributed by atoms with Gasteiger partial charge < -0.3 is 15.2 Å². The first kappa shape index (κ1) is 17.5. The van der Waals surface area contributed by atoms with E-state index in [1.807, 2.05) is 0 Å². The van der Waals surface area contributed by atoms with E-state index < -0.39 is 18.5 Å². The predicted octanol–water partition coefficient (Wildman–Crippen LogP) is 3.06. The van der Waals surface area contributed by atoms with Gasteiger partial charge in [0.15, 0.2) is 0 Å². The third kappa shape index (κ3) is 4.79. The molecule has 1 saturated carbocycles. The monoisotopic (exact) mass is 347 g/mol. The molecule has 1 amide bonds. The van der Waals surface area contributed by atoms with Crippen molar-refractivity contribution in [3.05, 3.63) is 28.8 Å². The van der Waals surface area contributed by atoms with Gasteiger partial charge in [-0.3, -0.25) is 9.59 Å². The van der Waals surface area contributed by atoms with Crippen LogP contribution in [0.3, 0.4) is 0 Å². The van der Waals surface area contributed by atoms with Crippen molar-refractivity contribution in [2.45, 2.75) is 32.4 Å². The molecule has 0 bridgehead atoms. The summed E-state index contributed by atoms with van der Waals surface area (Å²) in [5, 5.41) is 11.9. The zero-order valence-corrected chi connectivity index (χ0v) is 12.9. The van der Waals surface area contributed by atoms with Crippen molar-refractivity contribution in [2.75, 3.05) is 0 Å². The van der Waals surface area contributed by atoms with Gasteiger partial charge in [0.25, 0.3) is 0 Å². The molecule has 2 rings (SSSR count). The van der Waals surface area contributed by atoms with Crippen LogP contribution in [0.2, 0.25) is 5.02 Å². The molecule has 1 aliphatic rings. The summed E-state index contributed by atoms with van der Waals surface area (Å²) in [4.78, 5) is 23.0. The van der Waals surface area contributed by atoms with Crippen LogP contribution >= 0.6 is 11.6 Å². The fraction of sp³-hybridized carbons (Fsp3) is 0.467. The number of carboxylic acids is 1. The van der Waals surface area contributed by atoms with Crippen LogP contribution < -0.4 is 10.1 Å². The molecule has 8 heteroatoms. The van der Waals surface area contributed by atoms with Gasteiger partial charge in [-0.2, -0.15) is 8.78 Å². The lowest BCUT2D eigenvalue weighted by atomic mass is 10.0. The molecular formula is C15H16ClF2NO4. The van der Waals surface area contributed by atoms with Gasteiger partial charge in [0.05, 0.1) is 5.92 Å². The van der Waals surface area contributed by atoms with Crippen molar-refractivity contribution in [1.29, 1.82) is 0 Å². The molecule has 5 nitrogen and oxygen atoms in total. The number of alkyl halides is 2. The number of ether oxygens (including phenoxy) is 1. The van der Waals surface area contributed by atoms with Gasteiger partial charge >= 0.3 is 12.6 Å². The van der Waals surface area contributed by atoms with Crippen LogP contribution in [0.5, 0.6) is 5.75 Å². The summed E-state index contributed by atoms with van der Waals surface area (Å²) in [5.74, 6) is -2.14. The Balaban J connectivity index is 1.96. The minimum atomic E-state index is -2.98. The maximum absolute atomic E-state index is 12.4. The SMILES string of the molecule is O=C(O)[C@@H]1CC[C@H](C(=O)NCc2cc(Cl)ccc2OC(F)F)C1. The van der Waals surface area contributed by atoms with Gasteiger partial charge in [-0.25, -0.2) is 0 Å². The average molecular weight is 348 g/mol. The summed E-state index contributed by atoms with van der Waals surface area (Å²) in [7, 11) is 0. The minimum Gasteiger partial charge on any atom is -0.481 e. The molecule has 1 aliphatic carbocycles. The summed E-state index contributed by atoms with van der Waals surface area (Å²) in [6, 6.07) is 4.17. The van der Waals surface area contributed by atoms with Crippen molar-refractivity contribution < 1.29 is 28.2 Å². The van der Waals surface area contributed by atoms with Crippen molar-refractivity contribution in [2.24, 2.45) is 11.8 Å². The number of carbonyl (C=O) groups excluding carboxylic acids is 1. The molecule has 1 aromatic rings. The molecule has 0 saturated heterocycles. The highest BCUT2D eigenvalue weighted by Crippen LogP contribution is 2.31. The van der Waals surface area contributed by atoms with E-state index in [1.165, 1.54) is 18.2 Å². The number of amides is 1. The Morgan fingerprint density at radius 2 is 2.04 bits per heavy atom. The van der Waals surface area contributed by atoms with E-state index in [0.29, 0.717) is 23.4 Å². The Kier molecular flexibility index (Phi) is 5.76. The van der Waals surface area contributed by atoms with Crippen LogP contribution in [0.4, 0.5) is 8.78 Å². The summed E-state index contributed by atoms with van der Waals surface area (Å²) >= 11 is 5.83. The number of halogens is 3. The maximum Gasteiger partial charge on any atom is 0.387 e. The smallest absolute Gasteiger partial charge is 0.387 e. The number of aliphatic carboxylic acids is 1. The third-order valence-corrected chi connectivity index (χ3v) is 4.08. The zero-order chi connectivity index (χ0) is 17.0. The van der Waals surface area contributed by atoms with E-state index in [9.17, 15) is 18.4 Å². The fourth-order valence-corrected chi connectivity index (χ4v) is 2.86. The van der Waals surface area contributed by atoms with Crippen LogP contribution in [0.15, 0.2) is 18.2 Å². The van der Waals surface area contributed by atoms with Crippen molar-refractivity contribution >= 4 is 23.5 Å². The largest absolute Gasteiger partial charge is 0.481 e. The Morgan fingerprint density at radius 3 is 2.65 bits per heavy atom. The van der Waals surface area contributed by atoms with E-state index in [2.05, 4.69) is 10.1 Å². The highest BCUT2D eigenvalue weighted by Gasteiger charge is 2.33. The molecule has 126 valence electrons. The molecule has 0 aromatic heterocycles. The minimum absolute atomic E-state index is 0.0182. The van der Waals surface area contributed by atoms with Crippen molar-refractivity contribution in [1.82, 2.24) is 5.32 Å². The van der Waals surface area contributed by atoms with Gasteiger partial charge in [-0.15, -0.1) is 0 Å². The standard InChI is InChI=1S/C15H16ClF2NO4/c16-11-3-4-12(23-15(17)18)10(6-11)7-19-13(20)8-1-2-9(5-8)14(21)22/h3-4,6,8-9,15H,1-2,5,7H2,(H,19,20)(H,21,22)/t8-,9+/m0/s1. The first-order valence-electron chi connectivity index (χ1n) is 7.10. The molecule has 23 heavy (non-hydrogen) atoms. The quantitative estimate of drug-likeness (QED) is 0.829. The van der Waals surface area contributed by atoms with Crippen LogP contribution in [0.25, 0.3) is 0 Å². The molecule has 0 spiro atoms. The molecule has 0 radical (unpaired) electrons. The number of benzene rings is 1. The first-order chi connectivity index (χ1) is 10.9. The molecule has 0 unspecified atom stereocenters. The van der Waals surface area contributed by atoms with E-state index in [-0.39, 0.29) is 30.5 Å². The second kappa shape index (κ2) is 7.59. The van der Waals surface area contributed by atoms with Gasteiger partial charge in [0, 0.05) is 23.0 Å². The van der Waals surface area contributed by atoms with Gasteiger partial charge in [0.1, 0.15) is 5.75 Å². The summed E-state index contributed by atoms with van der Waals surface area (Å²) in [6.45, 7) is -2.99. The van der Waals surface area contributed by atoms with Crippen LogP contribution in [-0.4, -0.2) is 23.6 Å². The van der Waals surface area contributed by atoms with Gasteiger partial charge in [0.2, 0.25) is 5.91 Å². The Bertz CT molecular complexity index is 597. The maximum atomic E-state index is 12.4. The number of carbonyl (C=O) groups is 2. The zero-order valence-electron chi connectivity index (χ0n) is 12.1. The first-order valence-corrected chi connectivity index (χ1v) is 7.48. The fourth-order valence-electron chi connectivity index (χ4n) is 2.67. The van der Waals surface area contributed by atoms with Crippen LogP contribution in [0.1, 0.15) is 24.8 Å². The highest BCUT2D eigenvalue weighted by atomic mass is 35.5. The van der Waals surface area contributed by atoms with Crippen molar-refractivity contribution in [3.8, 4) is 5.75 Å². The molecule has 1 fully saturated rings. The summed E-state index contributed by atoms with van der Waals surface area (Å²) < 4.78 is 29.1. The molecular weight excluding hydrogens is 332 g/mol. The lowest BCUT2D eigenvalue weighted by molar-refractivity contribution is -0.141. The topological polar surface area (TPSA) is 75.6 Å². The van der Waals surface area contributed by atoms with Gasteiger partial charge in [-0.1, -0.05) is 11.6 Å². The van der Waals surface area contributed by atoms with Crippen LogP contribution in [-0.2, 0) is 16.1 Å². The molecule has 0 aliphatic heterocycles.